The zero-order valence-electron chi connectivity index (χ0n) is 15.0. The second kappa shape index (κ2) is 7.83. The lowest BCUT2D eigenvalue weighted by Crippen LogP contribution is -2.32. The first kappa shape index (κ1) is 17.7. The van der Waals surface area contributed by atoms with Crippen LogP contribution < -0.4 is 5.43 Å². The molecule has 134 valence electrons. The lowest BCUT2D eigenvalue weighted by atomic mass is 10.1. The van der Waals surface area contributed by atoms with Crippen molar-refractivity contribution in [2.75, 3.05) is 20.2 Å². The maximum Gasteiger partial charge on any atom is 0.242 e. The summed E-state index contributed by atoms with van der Waals surface area (Å²) in [4.78, 5) is 26.5. The highest BCUT2D eigenvalue weighted by molar-refractivity contribution is 5.82. The number of likely N-dealkylation sites (N-methyl/N-ethyl adjacent to an activating group) is 1. The molecule has 1 fully saturated rings. The van der Waals surface area contributed by atoms with Gasteiger partial charge in [0.1, 0.15) is 6.54 Å². The Kier molecular flexibility index (Phi) is 5.53. The van der Waals surface area contributed by atoms with E-state index in [0.29, 0.717) is 11.5 Å². The molecule has 0 bridgehead atoms. The fraction of sp³-hybridized carbons (Fsp3) is 0.500. The third-order valence-corrected chi connectivity index (χ3v) is 4.99. The van der Waals surface area contributed by atoms with Gasteiger partial charge in [-0.3, -0.25) is 9.59 Å². The maximum atomic E-state index is 12.6. The Morgan fingerprint density at radius 1 is 1.36 bits per heavy atom. The molecule has 2 heterocycles. The Labute approximate surface area is 148 Å². The van der Waals surface area contributed by atoms with Crippen LogP contribution in [-0.4, -0.2) is 41.7 Å². The van der Waals surface area contributed by atoms with Gasteiger partial charge in [0.25, 0.3) is 0 Å². The van der Waals surface area contributed by atoms with Crippen molar-refractivity contribution in [2.45, 2.75) is 45.3 Å². The average molecular weight is 342 g/mol. The van der Waals surface area contributed by atoms with E-state index in [0.717, 1.165) is 50.0 Å². The number of carbonyl (C=O) groups is 1. The van der Waals surface area contributed by atoms with Crippen LogP contribution in [-0.2, 0) is 16.1 Å². The minimum Gasteiger partial charge on any atom is -0.378 e. The first-order chi connectivity index (χ1) is 12.1. The maximum absolute atomic E-state index is 12.6. The molecule has 25 heavy (non-hydrogen) atoms. The number of aryl methyl sites for hydroxylation is 1. The van der Waals surface area contributed by atoms with Crippen LogP contribution in [0.2, 0.25) is 0 Å². The molecular weight excluding hydrogens is 316 g/mol. The third kappa shape index (κ3) is 4.10. The number of rotatable bonds is 6. The summed E-state index contributed by atoms with van der Waals surface area (Å²) in [7, 11) is 1.85. The van der Waals surface area contributed by atoms with Gasteiger partial charge in [0.05, 0.1) is 11.6 Å². The van der Waals surface area contributed by atoms with Crippen LogP contribution in [0, 0.1) is 6.92 Å². The molecule has 0 radical (unpaired) electrons. The van der Waals surface area contributed by atoms with Crippen molar-refractivity contribution in [1.82, 2.24) is 9.47 Å². The summed E-state index contributed by atoms with van der Waals surface area (Å²) >= 11 is 0. The number of hydrogen-bond acceptors (Lipinski definition) is 3. The first-order valence-electron chi connectivity index (χ1n) is 9.01. The summed E-state index contributed by atoms with van der Waals surface area (Å²) in [6, 6.07) is 9.06. The SMILES string of the molecule is Cc1cc(=O)c2ccccc2n1CC(=O)N(C)CCCC1CCCO1. The molecule has 1 atom stereocenters. The standard InChI is InChI=1S/C20H26N2O3/c1-15-13-19(23)17-9-3-4-10-18(17)22(15)14-20(24)21(2)11-5-7-16-8-6-12-25-16/h3-4,9-10,13,16H,5-8,11-12,14H2,1-2H3. The third-order valence-electron chi connectivity index (χ3n) is 4.99. The molecule has 1 aromatic heterocycles. The number of carbonyl (C=O) groups excluding carboxylic acids is 1. The molecular formula is C20H26N2O3. The molecule has 1 saturated heterocycles. The fourth-order valence-electron chi connectivity index (χ4n) is 3.47. The first-order valence-corrected chi connectivity index (χ1v) is 9.01. The van der Waals surface area contributed by atoms with Crippen LogP contribution >= 0.6 is 0 Å². The van der Waals surface area contributed by atoms with E-state index >= 15 is 0 Å². The highest BCUT2D eigenvalue weighted by Crippen LogP contribution is 2.17. The van der Waals surface area contributed by atoms with E-state index in [2.05, 4.69) is 0 Å². The summed E-state index contributed by atoms with van der Waals surface area (Å²) in [5, 5.41) is 0.655. The molecule has 5 nitrogen and oxygen atoms in total. The van der Waals surface area contributed by atoms with Crippen molar-refractivity contribution in [1.29, 1.82) is 0 Å². The van der Waals surface area contributed by atoms with Gasteiger partial charge in [-0.2, -0.15) is 0 Å². The van der Waals surface area contributed by atoms with Gasteiger partial charge < -0.3 is 14.2 Å². The van der Waals surface area contributed by atoms with Crippen LogP contribution in [0.15, 0.2) is 35.1 Å². The molecule has 1 amide bonds. The number of nitrogens with zero attached hydrogens (tertiary/aromatic N) is 2. The van der Waals surface area contributed by atoms with E-state index in [4.69, 9.17) is 4.74 Å². The molecule has 1 aliphatic rings. The number of ether oxygens (including phenoxy) is 1. The predicted octanol–water partition coefficient (Wildman–Crippen LogP) is 2.73. The molecule has 0 spiro atoms. The number of hydrogen-bond donors (Lipinski definition) is 0. The van der Waals surface area contributed by atoms with Gasteiger partial charge in [-0.25, -0.2) is 0 Å². The van der Waals surface area contributed by atoms with Crippen LogP contribution in [0.3, 0.4) is 0 Å². The molecule has 0 saturated carbocycles. The number of benzene rings is 1. The number of amides is 1. The van der Waals surface area contributed by atoms with E-state index in [9.17, 15) is 9.59 Å². The Balaban J connectivity index is 1.66. The number of fused-ring (bicyclic) bond motifs is 1. The number of para-hydroxylation sites is 1. The van der Waals surface area contributed by atoms with Crippen molar-refractivity contribution >= 4 is 16.8 Å². The van der Waals surface area contributed by atoms with Gasteiger partial charge in [0.15, 0.2) is 5.43 Å². The Morgan fingerprint density at radius 3 is 2.92 bits per heavy atom. The second-order valence-electron chi connectivity index (χ2n) is 6.85. The highest BCUT2D eigenvalue weighted by Gasteiger charge is 2.17. The largest absolute Gasteiger partial charge is 0.378 e. The van der Waals surface area contributed by atoms with E-state index < -0.39 is 0 Å². The van der Waals surface area contributed by atoms with Gasteiger partial charge in [-0.05, 0) is 44.7 Å². The van der Waals surface area contributed by atoms with Gasteiger partial charge in [-0.1, -0.05) is 12.1 Å². The van der Waals surface area contributed by atoms with Crippen molar-refractivity contribution in [3.8, 4) is 0 Å². The molecule has 1 aromatic carbocycles. The minimum absolute atomic E-state index is 0.00159. The Morgan fingerprint density at radius 2 is 2.16 bits per heavy atom. The van der Waals surface area contributed by atoms with Crippen molar-refractivity contribution in [3.63, 3.8) is 0 Å². The van der Waals surface area contributed by atoms with E-state index in [1.165, 1.54) is 0 Å². The topological polar surface area (TPSA) is 51.5 Å². The summed E-state index contributed by atoms with van der Waals surface area (Å²) in [6.07, 6.45) is 4.63. The molecule has 2 aromatic rings. The number of pyridine rings is 1. The summed E-state index contributed by atoms with van der Waals surface area (Å²) in [5.41, 5.74) is 1.63. The Hall–Kier alpha value is -2.14. The van der Waals surface area contributed by atoms with E-state index in [1.54, 1.807) is 11.0 Å². The fourth-order valence-corrected chi connectivity index (χ4v) is 3.47. The van der Waals surface area contributed by atoms with Crippen molar-refractivity contribution < 1.29 is 9.53 Å². The van der Waals surface area contributed by atoms with Crippen molar-refractivity contribution in [3.05, 3.63) is 46.2 Å². The van der Waals surface area contributed by atoms with Gasteiger partial charge in [-0.15, -0.1) is 0 Å². The summed E-state index contributed by atoms with van der Waals surface area (Å²) in [5.74, 6) is 0.0595. The highest BCUT2D eigenvalue weighted by atomic mass is 16.5. The second-order valence-corrected chi connectivity index (χ2v) is 6.85. The van der Waals surface area contributed by atoms with E-state index in [-0.39, 0.29) is 17.9 Å². The smallest absolute Gasteiger partial charge is 0.242 e. The molecule has 3 rings (SSSR count). The zero-order valence-corrected chi connectivity index (χ0v) is 15.0. The Bertz CT molecular complexity index is 806. The van der Waals surface area contributed by atoms with Crippen LogP contribution in [0.1, 0.15) is 31.4 Å². The van der Waals surface area contributed by atoms with Crippen LogP contribution in [0.25, 0.3) is 10.9 Å². The van der Waals surface area contributed by atoms with Gasteiger partial charge >= 0.3 is 0 Å². The zero-order chi connectivity index (χ0) is 17.8. The van der Waals surface area contributed by atoms with Crippen LogP contribution in [0.5, 0.6) is 0 Å². The molecule has 0 aliphatic carbocycles. The van der Waals surface area contributed by atoms with E-state index in [1.807, 2.05) is 42.8 Å². The average Bonchev–Trinajstić information content (AvgIpc) is 3.11. The quantitative estimate of drug-likeness (QED) is 0.811. The van der Waals surface area contributed by atoms with Crippen molar-refractivity contribution in [2.24, 2.45) is 0 Å². The van der Waals surface area contributed by atoms with Gasteiger partial charge in [0.2, 0.25) is 5.91 Å². The molecule has 1 unspecified atom stereocenters. The van der Waals surface area contributed by atoms with Gasteiger partial charge in [0, 0.05) is 37.3 Å². The molecule has 1 aliphatic heterocycles. The minimum atomic E-state index is 0.00159. The number of aromatic nitrogens is 1. The predicted molar refractivity (Wildman–Crippen MR) is 98.8 cm³/mol. The lowest BCUT2D eigenvalue weighted by Gasteiger charge is -2.21. The van der Waals surface area contributed by atoms with Crippen LogP contribution in [0.4, 0.5) is 0 Å². The monoisotopic (exact) mass is 342 g/mol. The molecule has 0 N–H and O–H groups in total. The lowest BCUT2D eigenvalue weighted by molar-refractivity contribution is -0.130. The molecule has 5 heteroatoms. The summed E-state index contributed by atoms with van der Waals surface area (Å²) < 4.78 is 7.56. The summed E-state index contributed by atoms with van der Waals surface area (Å²) in [6.45, 7) is 3.73. The normalized spacial score (nSPS) is 17.1.